The molecule has 0 radical (unpaired) electrons. The monoisotopic (exact) mass is 358 g/mol. The van der Waals surface area contributed by atoms with Gasteiger partial charge in [0, 0.05) is 7.11 Å². The van der Waals surface area contributed by atoms with E-state index in [1.54, 1.807) is 19.2 Å². The number of hydrogen-bond acceptors (Lipinski definition) is 8. The quantitative estimate of drug-likeness (QED) is 0.731. The number of phenolic OH excluding ortho intramolecular Hbond substituents is 1. The number of aromatic nitrogens is 2. The van der Waals surface area contributed by atoms with E-state index in [0.29, 0.717) is 16.8 Å². The number of nitrogens with zero attached hydrogens (tertiary/aromatic N) is 2. The number of fused-ring (bicyclic) bond motifs is 1. The minimum Gasteiger partial charge on any atom is -0.502 e. The Kier molecular flexibility index (Phi) is 4.60. The van der Waals surface area contributed by atoms with Gasteiger partial charge in [-0.15, -0.1) is 5.10 Å². The van der Waals surface area contributed by atoms with E-state index in [4.69, 9.17) is 24.7 Å². The number of nitrogens with two attached hydrogens (primary N) is 1. The average Bonchev–Trinajstić information content (AvgIpc) is 3.03. The fraction of sp³-hybridized carbons (Fsp3) is 0.294. The van der Waals surface area contributed by atoms with Crippen LogP contribution in [0.2, 0.25) is 0 Å². The molecule has 0 bridgehead atoms. The fourth-order valence-corrected chi connectivity index (χ4v) is 2.98. The van der Waals surface area contributed by atoms with Gasteiger partial charge in [-0.1, -0.05) is 0 Å². The van der Waals surface area contributed by atoms with Crippen molar-refractivity contribution >= 4 is 0 Å². The summed E-state index contributed by atoms with van der Waals surface area (Å²) in [4.78, 5) is 0. The molecule has 0 unspecified atom stereocenters. The van der Waals surface area contributed by atoms with Crippen molar-refractivity contribution in [3.8, 4) is 29.2 Å². The van der Waals surface area contributed by atoms with Crippen LogP contribution in [0.1, 0.15) is 22.7 Å². The van der Waals surface area contributed by atoms with Gasteiger partial charge in [-0.25, -0.2) is 0 Å². The summed E-state index contributed by atoms with van der Waals surface area (Å²) in [5, 5.41) is 26.8. The van der Waals surface area contributed by atoms with E-state index in [2.05, 4.69) is 16.3 Å². The highest BCUT2D eigenvalue weighted by molar-refractivity contribution is 5.60. The summed E-state index contributed by atoms with van der Waals surface area (Å²) in [6, 6.07) is 5.33. The number of ether oxygens (including phenoxy) is 4. The van der Waals surface area contributed by atoms with Crippen LogP contribution in [-0.2, 0) is 11.3 Å². The number of aromatic amines is 1. The number of hydrogen-bond donors (Lipinski definition) is 3. The summed E-state index contributed by atoms with van der Waals surface area (Å²) in [6.45, 7) is 0.243. The van der Waals surface area contributed by atoms with Crippen molar-refractivity contribution < 1.29 is 24.1 Å². The highest BCUT2D eigenvalue weighted by Crippen LogP contribution is 2.47. The lowest BCUT2D eigenvalue weighted by Gasteiger charge is -2.25. The molecule has 0 fully saturated rings. The lowest BCUT2D eigenvalue weighted by molar-refractivity contribution is 0.180. The van der Waals surface area contributed by atoms with Crippen molar-refractivity contribution in [3.63, 3.8) is 0 Å². The van der Waals surface area contributed by atoms with Crippen molar-refractivity contribution in [2.24, 2.45) is 5.73 Å². The van der Waals surface area contributed by atoms with Gasteiger partial charge in [0.15, 0.2) is 11.5 Å². The number of nitriles is 1. The fourth-order valence-electron chi connectivity index (χ4n) is 2.98. The van der Waals surface area contributed by atoms with Gasteiger partial charge >= 0.3 is 0 Å². The minimum absolute atomic E-state index is 0.0357. The first-order valence-electron chi connectivity index (χ1n) is 7.64. The molecular formula is C17H18N4O5. The van der Waals surface area contributed by atoms with Gasteiger partial charge in [0.25, 0.3) is 0 Å². The summed E-state index contributed by atoms with van der Waals surface area (Å²) >= 11 is 0. The molecule has 1 aliphatic rings. The molecular weight excluding hydrogens is 340 g/mol. The third kappa shape index (κ3) is 2.66. The van der Waals surface area contributed by atoms with Crippen LogP contribution >= 0.6 is 0 Å². The van der Waals surface area contributed by atoms with E-state index >= 15 is 0 Å². The van der Waals surface area contributed by atoms with Crippen LogP contribution < -0.4 is 19.9 Å². The largest absolute Gasteiger partial charge is 0.502 e. The van der Waals surface area contributed by atoms with Crippen LogP contribution in [0.5, 0.6) is 23.1 Å². The van der Waals surface area contributed by atoms with Crippen LogP contribution in [-0.4, -0.2) is 36.6 Å². The summed E-state index contributed by atoms with van der Waals surface area (Å²) < 4.78 is 21.1. The Morgan fingerprint density at radius 1 is 1.31 bits per heavy atom. The molecule has 136 valence electrons. The Morgan fingerprint density at radius 2 is 1.96 bits per heavy atom. The number of allylic oxidation sites excluding steroid dienone is 1. The van der Waals surface area contributed by atoms with Crippen molar-refractivity contribution in [3.05, 3.63) is 40.4 Å². The molecule has 9 nitrogen and oxygen atoms in total. The molecule has 26 heavy (non-hydrogen) atoms. The molecule has 4 N–H and O–H groups in total. The number of phenols is 1. The number of H-pyrrole nitrogens is 1. The van der Waals surface area contributed by atoms with Gasteiger partial charge in [-0.3, -0.25) is 5.10 Å². The van der Waals surface area contributed by atoms with E-state index in [1.807, 2.05) is 0 Å². The maximum absolute atomic E-state index is 10.2. The second kappa shape index (κ2) is 6.85. The summed E-state index contributed by atoms with van der Waals surface area (Å²) in [5.74, 6) is -0.0713. The lowest BCUT2D eigenvalue weighted by atomic mass is 9.83. The maximum Gasteiger partial charge on any atom is 0.244 e. The standard InChI is InChI=1S/C17H18N4O5/c1-23-7-10-14-13(9(6-18)16(19)26-17(14)21-20-10)8-4-11(24-2)15(22)12(5-8)25-3/h4-5,13,22H,7,19H2,1-3H3,(H,20,21)/t13-/m0/s1. The van der Waals surface area contributed by atoms with E-state index in [9.17, 15) is 10.4 Å². The highest BCUT2D eigenvalue weighted by atomic mass is 16.5. The molecule has 0 amide bonds. The molecule has 0 aliphatic carbocycles. The normalized spacial score (nSPS) is 15.8. The molecule has 3 rings (SSSR count). The van der Waals surface area contributed by atoms with E-state index in [1.165, 1.54) is 14.2 Å². The molecule has 0 saturated carbocycles. The Morgan fingerprint density at radius 3 is 2.50 bits per heavy atom. The van der Waals surface area contributed by atoms with Crippen molar-refractivity contribution in [1.82, 2.24) is 10.2 Å². The molecule has 0 spiro atoms. The summed E-state index contributed by atoms with van der Waals surface area (Å²) in [6.07, 6.45) is 0. The van der Waals surface area contributed by atoms with Crippen LogP contribution in [0.15, 0.2) is 23.6 Å². The predicted octanol–water partition coefficient (Wildman–Crippen LogP) is 1.50. The SMILES string of the molecule is COCc1[nH]nc2c1[C@@H](c1cc(OC)c(O)c(OC)c1)C(C#N)=C(N)O2. The van der Waals surface area contributed by atoms with Gasteiger partial charge in [0.05, 0.1) is 38.0 Å². The summed E-state index contributed by atoms with van der Waals surface area (Å²) in [7, 11) is 4.41. The predicted molar refractivity (Wildman–Crippen MR) is 89.8 cm³/mol. The molecule has 1 aliphatic heterocycles. The van der Waals surface area contributed by atoms with E-state index in [-0.39, 0.29) is 41.2 Å². The highest BCUT2D eigenvalue weighted by Gasteiger charge is 2.36. The van der Waals surface area contributed by atoms with Crippen LogP contribution in [0.25, 0.3) is 0 Å². The Hall–Kier alpha value is -3.38. The molecule has 1 atom stereocenters. The third-order valence-electron chi connectivity index (χ3n) is 4.14. The minimum atomic E-state index is -0.587. The first-order chi connectivity index (χ1) is 12.5. The van der Waals surface area contributed by atoms with Gasteiger partial charge in [-0.2, -0.15) is 5.26 Å². The molecule has 9 heteroatoms. The molecule has 2 heterocycles. The first kappa shape index (κ1) is 17.4. The molecule has 1 aromatic heterocycles. The third-order valence-corrected chi connectivity index (χ3v) is 4.14. The second-order valence-electron chi connectivity index (χ2n) is 5.55. The van der Waals surface area contributed by atoms with Crippen molar-refractivity contribution in [2.45, 2.75) is 12.5 Å². The van der Waals surface area contributed by atoms with Crippen molar-refractivity contribution in [2.75, 3.05) is 21.3 Å². The van der Waals surface area contributed by atoms with E-state index in [0.717, 1.165) is 0 Å². The maximum atomic E-state index is 10.2. The van der Waals surface area contributed by atoms with Crippen LogP contribution in [0, 0.1) is 11.3 Å². The number of methoxy groups -OCH3 is 3. The van der Waals surface area contributed by atoms with E-state index < -0.39 is 5.92 Å². The van der Waals surface area contributed by atoms with Crippen LogP contribution in [0.4, 0.5) is 0 Å². The van der Waals surface area contributed by atoms with Gasteiger partial charge in [0.2, 0.25) is 17.5 Å². The first-order valence-corrected chi connectivity index (χ1v) is 7.64. The Bertz CT molecular complexity index is 887. The molecule has 0 saturated heterocycles. The lowest BCUT2D eigenvalue weighted by Crippen LogP contribution is -2.21. The van der Waals surface area contributed by atoms with Gasteiger partial charge in [0.1, 0.15) is 11.6 Å². The average molecular weight is 358 g/mol. The second-order valence-corrected chi connectivity index (χ2v) is 5.55. The number of aromatic hydroxyl groups is 1. The Labute approximate surface area is 149 Å². The zero-order valence-corrected chi connectivity index (χ0v) is 14.5. The number of nitrogens with one attached hydrogen (secondary N) is 1. The van der Waals surface area contributed by atoms with Crippen LogP contribution in [0.3, 0.4) is 0 Å². The van der Waals surface area contributed by atoms with Gasteiger partial charge < -0.3 is 29.8 Å². The van der Waals surface area contributed by atoms with Gasteiger partial charge in [-0.05, 0) is 17.7 Å². The topological polar surface area (TPSA) is 136 Å². The summed E-state index contributed by atoms with van der Waals surface area (Å²) in [5.41, 5.74) is 8.05. The number of benzene rings is 1. The zero-order chi connectivity index (χ0) is 18.8. The molecule has 1 aromatic carbocycles. The molecule has 2 aromatic rings. The smallest absolute Gasteiger partial charge is 0.244 e. The zero-order valence-electron chi connectivity index (χ0n) is 14.5. The Balaban J connectivity index is 2.26. The number of rotatable bonds is 5. The van der Waals surface area contributed by atoms with Crippen molar-refractivity contribution in [1.29, 1.82) is 5.26 Å².